The van der Waals surface area contributed by atoms with Gasteiger partial charge in [0.15, 0.2) is 0 Å². The van der Waals surface area contributed by atoms with Crippen molar-refractivity contribution in [2.45, 2.75) is 12.8 Å². The van der Waals surface area contributed by atoms with Crippen molar-refractivity contribution >= 4 is 5.96 Å². The molecule has 0 bridgehead atoms. The highest BCUT2D eigenvalue weighted by molar-refractivity contribution is 5.76. The first-order valence-corrected chi connectivity index (χ1v) is 2.71. The molecule has 10 heavy (non-hydrogen) atoms. The summed E-state index contributed by atoms with van der Waals surface area (Å²) in [6, 6.07) is 0. The van der Waals surface area contributed by atoms with Gasteiger partial charge < -0.3 is 5.73 Å². The van der Waals surface area contributed by atoms with Gasteiger partial charge in [-0.3, -0.25) is 10.4 Å². The summed E-state index contributed by atoms with van der Waals surface area (Å²) < 4.78 is 22.9. The van der Waals surface area contributed by atoms with Crippen molar-refractivity contribution in [1.29, 1.82) is 0 Å². The predicted molar refractivity (Wildman–Crippen MR) is 34.4 cm³/mol. The molecule has 0 spiro atoms. The molecule has 0 aromatic rings. The summed E-state index contributed by atoms with van der Waals surface area (Å²) in [7, 11) is 0. The van der Waals surface area contributed by atoms with Crippen molar-refractivity contribution < 1.29 is 8.78 Å². The molecule has 0 atom stereocenters. The van der Waals surface area contributed by atoms with E-state index in [1.54, 1.807) is 0 Å². The lowest BCUT2D eigenvalue weighted by molar-refractivity contribution is 0.141. The molecular weight excluding hydrogens is 142 g/mol. The maximum atomic E-state index is 11.4. The van der Waals surface area contributed by atoms with Crippen molar-refractivity contribution in [3.05, 3.63) is 0 Å². The zero-order valence-corrected chi connectivity index (χ0v) is 5.35. The molecule has 0 aromatic heterocycles. The van der Waals surface area contributed by atoms with Crippen molar-refractivity contribution in [3.63, 3.8) is 0 Å². The number of nitrogens with zero attached hydrogens (tertiary/aromatic N) is 1. The molecule has 0 radical (unpaired) electrons. The van der Waals surface area contributed by atoms with Crippen LogP contribution in [0.1, 0.15) is 6.42 Å². The van der Waals surface area contributed by atoms with Crippen molar-refractivity contribution in [2.24, 2.45) is 16.6 Å². The van der Waals surface area contributed by atoms with Gasteiger partial charge in [0.1, 0.15) is 0 Å². The molecule has 0 aliphatic carbocycles. The molecule has 0 saturated carbocycles. The van der Waals surface area contributed by atoms with Gasteiger partial charge in [-0.15, -0.1) is 0 Å². The highest BCUT2D eigenvalue weighted by Crippen LogP contribution is 1.97. The Labute approximate surface area is 57.3 Å². The molecule has 6 heteroatoms. The molecule has 0 unspecified atom stereocenters. The molecule has 0 aromatic carbocycles. The highest BCUT2D eigenvalue weighted by atomic mass is 19.3. The standard InChI is InChI=1S/C4H10F2N4/c5-3(6)1-2-9-4(7)10-8/h3H,1-2,8H2,(H3,7,9,10). The van der Waals surface area contributed by atoms with E-state index in [1.165, 1.54) is 0 Å². The van der Waals surface area contributed by atoms with Crippen LogP contribution in [0.3, 0.4) is 0 Å². The van der Waals surface area contributed by atoms with Gasteiger partial charge in [0.05, 0.1) is 0 Å². The summed E-state index contributed by atoms with van der Waals surface area (Å²) >= 11 is 0. The number of halogens is 2. The monoisotopic (exact) mass is 152 g/mol. The Bertz CT molecular complexity index is 114. The molecule has 4 nitrogen and oxygen atoms in total. The molecule has 5 N–H and O–H groups in total. The second-order valence-electron chi connectivity index (χ2n) is 1.59. The number of guanidine groups is 1. The first kappa shape index (κ1) is 9.09. The third kappa shape index (κ3) is 5.23. The fraction of sp³-hybridized carbons (Fsp3) is 0.750. The minimum Gasteiger partial charge on any atom is -0.369 e. The van der Waals surface area contributed by atoms with Gasteiger partial charge >= 0.3 is 0 Å². The summed E-state index contributed by atoms with van der Waals surface area (Å²) in [4.78, 5) is 3.46. The zero-order chi connectivity index (χ0) is 7.98. The zero-order valence-electron chi connectivity index (χ0n) is 5.35. The normalized spacial score (nSPS) is 12.2. The van der Waals surface area contributed by atoms with Crippen LogP contribution in [0.5, 0.6) is 0 Å². The molecule has 0 aliphatic rings. The SMILES string of the molecule is NNC(N)=NCCC(F)F. The maximum absolute atomic E-state index is 11.4. The third-order valence-corrected chi connectivity index (χ3v) is 0.777. The number of nitrogens with two attached hydrogens (primary N) is 2. The third-order valence-electron chi connectivity index (χ3n) is 0.777. The van der Waals surface area contributed by atoms with E-state index in [0.29, 0.717) is 0 Å². The summed E-state index contributed by atoms with van der Waals surface area (Å²) in [5.74, 6) is 4.77. The van der Waals surface area contributed by atoms with E-state index in [-0.39, 0.29) is 18.9 Å². The van der Waals surface area contributed by atoms with Crippen molar-refractivity contribution in [1.82, 2.24) is 5.43 Å². The van der Waals surface area contributed by atoms with Gasteiger partial charge in [0.2, 0.25) is 12.4 Å². The molecular formula is C4H10F2N4. The van der Waals surface area contributed by atoms with Crippen LogP contribution in [0.25, 0.3) is 0 Å². The minimum absolute atomic E-state index is 0.00625. The van der Waals surface area contributed by atoms with Crippen LogP contribution >= 0.6 is 0 Å². The summed E-state index contributed by atoms with van der Waals surface area (Å²) in [5, 5.41) is 0. The lowest BCUT2D eigenvalue weighted by atomic mass is 10.4. The Morgan fingerprint density at radius 1 is 1.60 bits per heavy atom. The lowest BCUT2D eigenvalue weighted by Crippen LogP contribution is -2.37. The second-order valence-corrected chi connectivity index (χ2v) is 1.59. The number of hydrogen-bond donors (Lipinski definition) is 3. The van der Waals surface area contributed by atoms with E-state index < -0.39 is 6.43 Å². The Morgan fingerprint density at radius 2 is 2.20 bits per heavy atom. The minimum atomic E-state index is -2.34. The Kier molecular flexibility index (Phi) is 4.47. The molecule has 0 fully saturated rings. The van der Waals surface area contributed by atoms with Gasteiger partial charge in [-0.25, -0.2) is 14.6 Å². The Hall–Kier alpha value is -0.910. The number of nitrogens with one attached hydrogen (secondary N) is 1. The average molecular weight is 152 g/mol. The summed E-state index contributed by atoms with van der Waals surface area (Å²) in [6.45, 7) is -0.00625. The second kappa shape index (κ2) is 4.92. The number of aliphatic imine (C=N–C) groups is 1. The highest BCUT2D eigenvalue weighted by Gasteiger charge is 1.99. The van der Waals surface area contributed by atoms with Gasteiger partial charge in [0.25, 0.3) is 0 Å². The first-order chi connectivity index (χ1) is 4.66. The number of rotatable bonds is 3. The van der Waals surface area contributed by atoms with Gasteiger partial charge in [-0.1, -0.05) is 0 Å². The Morgan fingerprint density at radius 3 is 2.60 bits per heavy atom. The predicted octanol–water partition coefficient (Wildman–Crippen LogP) is -0.580. The topological polar surface area (TPSA) is 76.4 Å². The first-order valence-electron chi connectivity index (χ1n) is 2.71. The Balaban J connectivity index is 3.34. The number of hydrogen-bond acceptors (Lipinski definition) is 2. The van der Waals surface area contributed by atoms with Gasteiger partial charge in [-0.2, -0.15) is 0 Å². The van der Waals surface area contributed by atoms with Crippen LogP contribution in [0, 0.1) is 0 Å². The summed E-state index contributed by atoms with van der Waals surface area (Å²) in [6.07, 6.45) is -2.63. The van der Waals surface area contributed by atoms with E-state index in [4.69, 9.17) is 11.6 Å². The van der Waals surface area contributed by atoms with Crippen LogP contribution < -0.4 is 17.0 Å². The average Bonchev–Trinajstić information content (AvgIpc) is 1.87. The molecule has 0 aliphatic heterocycles. The van der Waals surface area contributed by atoms with Gasteiger partial charge in [0, 0.05) is 13.0 Å². The number of alkyl halides is 2. The lowest BCUT2D eigenvalue weighted by Gasteiger charge is -1.97. The van der Waals surface area contributed by atoms with Gasteiger partial charge in [-0.05, 0) is 0 Å². The quantitative estimate of drug-likeness (QED) is 0.219. The molecule has 0 amide bonds. The summed E-state index contributed by atoms with van der Waals surface area (Å²) in [5.41, 5.74) is 7.05. The van der Waals surface area contributed by atoms with Crippen molar-refractivity contribution in [2.75, 3.05) is 6.54 Å². The van der Waals surface area contributed by atoms with Crippen molar-refractivity contribution in [3.8, 4) is 0 Å². The molecule has 60 valence electrons. The van der Waals surface area contributed by atoms with Crippen LogP contribution in [-0.2, 0) is 0 Å². The van der Waals surface area contributed by atoms with Crippen LogP contribution in [0.4, 0.5) is 8.78 Å². The van der Waals surface area contributed by atoms with E-state index in [9.17, 15) is 8.78 Å². The van der Waals surface area contributed by atoms with E-state index >= 15 is 0 Å². The molecule has 0 saturated heterocycles. The van der Waals surface area contributed by atoms with Crippen LogP contribution in [0.2, 0.25) is 0 Å². The smallest absolute Gasteiger partial charge is 0.240 e. The fourth-order valence-electron chi connectivity index (χ4n) is 0.328. The van der Waals surface area contributed by atoms with Crippen LogP contribution in [0.15, 0.2) is 4.99 Å². The van der Waals surface area contributed by atoms with E-state index in [2.05, 4.69) is 4.99 Å². The largest absolute Gasteiger partial charge is 0.369 e. The molecule has 0 rings (SSSR count). The van der Waals surface area contributed by atoms with E-state index in [1.807, 2.05) is 5.43 Å². The molecule has 0 heterocycles. The van der Waals surface area contributed by atoms with E-state index in [0.717, 1.165) is 0 Å². The van der Waals surface area contributed by atoms with Crippen LogP contribution in [-0.4, -0.2) is 18.9 Å². The maximum Gasteiger partial charge on any atom is 0.240 e. The number of hydrazine groups is 1. The fourth-order valence-corrected chi connectivity index (χ4v) is 0.328.